The molecule has 1 aromatic heterocycles. The molecule has 1 amide bonds. The summed E-state index contributed by atoms with van der Waals surface area (Å²) in [5, 5.41) is 5.26. The van der Waals surface area contributed by atoms with E-state index in [1.165, 1.54) is 0 Å². The molecule has 2 rings (SSSR count). The maximum absolute atomic E-state index is 11.3. The fourth-order valence-electron chi connectivity index (χ4n) is 1.34. The third-order valence-electron chi connectivity index (χ3n) is 1.97. The van der Waals surface area contributed by atoms with Gasteiger partial charge in [0.2, 0.25) is 0 Å². The molecule has 0 aliphatic heterocycles. The first-order chi connectivity index (χ1) is 6.70. The molecule has 0 saturated carbocycles. The summed E-state index contributed by atoms with van der Waals surface area (Å²) >= 11 is 1.82. The minimum absolute atomic E-state index is 0.0989. The Balaban J connectivity index is 2.55. The zero-order chi connectivity index (χ0) is 10.1. The highest BCUT2D eigenvalue weighted by Gasteiger charge is 2.05. The number of benzene rings is 1. The second-order valence-electron chi connectivity index (χ2n) is 3.00. The molecule has 0 unspecified atom stereocenters. The van der Waals surface area contributed by atoms with Crippen LogP contribution in [0.25, 0.3) is 10.9 Å². The number of halogens is 1. The van der Waals surface area contributed by atoms with Gasteiger partial charge in [0.05, 0.1) is 28.4 Å². The largest absolute Gasteiger partial charge is 0.295 e. The minimum Gasteiger partial charge on any atom is -0.295 e. The molecule has 0 saturated heterocycles. The van der Waals surface area contributed by atoms with E-state index in [4.69, 9.17) is 0 Å². The summed E-state index contributed by atoms with van der Waals surface area (Å²) in [6.45, 7) is 0. The van der Waals surface area contributed by atoms with Crippen molar-refractivity contribution in [1.82, 2.24) is 13.3 Å². The fraction of sp³-hybridized carbons (Fsp3) is 0.111. The van der Waals surface area contributed by atoms with Crippen molar-refractivity contribution in [2.45, 2.75) is 0 Å². The number of amides is 1. The number of nitrogens with zero attached hydrogens (tertiary/aromatic N) is 2. The normalized spacial score (nSPS) is 10.4. The van der Waals surface area contributed by atoms with Crippen LogP contribution in [0.3, 0.4) is 0 Å². The summed E-state index contributed by atoms with van der Waals surface area (Å²) in [4.78, 5) is 11.3. The molecule has 0 aliphatic carbocycles. The summed E-state index contributed by atoms with van der Waals surface area (Å²) < 4.78 is 4.28. The van der Waals surface area contributed by atoms with Crippen LogP contribution in [0.4, 0.5) is 0 Å². The van der Waals surface area contributed by atoms with E-state index < -0.39 is 0 Å². The molecular weight excluding hydrogens is 293 g/mol. The van der Waals surface area contributed by atoms with E-state index in [-0.39, 0.29) is 5.91 Å². The molecule has 5 heteroatoms. The third kappa shape index (κ3) is 1.59. The Morgan fingerprint density at radius 2 is 2.36 bits per heavy atom. The molecule has 72 valence electrons. The van der Waals surface area contributed by atoms with Gasteiger partial charge in [-0.1, -0.05) is 6.07 Å². The lowest BCUT2D eigenvalue weighted by Gasteiger charge is -1.96. The topological polar surface area (TPSA) is 46.9 Å². The van der Waals surface area contributed by atoms with Gasteiger partial charge in [-0.25, -0.2) is 0 Å². The third-order valence-corrected chi connectivity index (χ3v) is 2.46. The smallest absolute Gasteiger partial charge is 0.259 e. The second-order valence-corrected chi connectivity index (χ2v) is 3.54. The molecule has 0 aliphatic rings. The first-order valence-corrected chi connectivity index (χ1v) is 5.13. The van der Waals surface area contributed by atoms with E-state index in [0.29, 0.717) is 5.56 Å². The van der Waals surface area contributed by atoms with Crippen molar-refractivity contribution in [3.8, 4) is 0 Å². The van der Waals surface area contributed by atoms with Crippen molar-refractivity contribution in [3.63, 3.8) is 0 Å². The maximum Gasteiger partial charge on any atom is 0.259 e. The number of hydrogen-bond donors (Lipinski definition) is 1. The number of carbonyl (C=O) groups is 1. The molecule has 1 N–H and O–H groups in total. The van der Waals surface area contributed by atoms with Crippen LogP contribution in [-0.4, -0.2) is 15.7 Å². The Hall–Kier alpha value is -1.11. The molecule has 0 atom stereocenters. The highest BCUT2D eigenvalue weighted by Crippen LogP contribution is 2.13. The van der Waals surface area contributed by atoms with Crippen molar-refractivity contribution < 1.29 is 4.79 Å². The molecule has 1 heterocycles. The van der Waals surface area contributed by atoms with Gasteiger partial charge in [0.1, 0.15) is 0 Å². The van der Waals surface area contributed by atoms with Gasteiger partial charge in [-0.05, 0) is 12.1 Å². The van der Waals surface area contributed by atoms with Gasteiger partial charge in [0.15, 0.2) is 0 Å². The van der Waals surface area contributed by atoms with E-state index >= 15 is 0 Å². The number of nitrogens with one attached hydrogen (secondary N) is 1. The molecule has 0 bridgehead atoms. The van der Waals surface area contributed by atoms with Crippen LogP contribution in [0.15, 0.2) is 24.4 Å². The highest BCUT2D eigenvalue weighted by atomic mass is 127. The SMILES string of the molecule is Cn1cc2ccc(C(=O)NI)cc2n1. The van der Waals surface area contributed by atoms with E-state index in [0.717, 1.165) is 10.9 Å². The molecule has 0 fully saturated rings. The van der Waals surface area contributed by atoms with Gasteiger partial charge in [-0.2, -0.15) is 5.10 Å². The van der Waals surface area contributed by atoms with Crippen LogP contribution >= 0.6 is 22.9 Å². The summed E-state index contributed by atoms with van der Waals surface area (Å²) in [6, 6.07) is 5.46. The molecule has 0 spiro atoms. The highest BCUT2D eigenvalue weighted by molar-refractivity contribution is 14.1. The Kier molecular flexibility index (Phi) is 2.40. The van der Waals surface area contributed by atoms with Crippen LogP contribution in [0, 0.1) is 0 Å². The molecule has 2 aromatic rings. The first kappa shape index (κ1) is 9.45. The number of aromatic nitrogens is 2. The predicted octanol–water partition coefficient (Wildman–Crippen LogP) is 1.65. The monoisotopic (exact) mass is 301 g/mol. The standard InChI is InChI=1S/C9H8IN3O/c1-13-5-7-3-2-6(9(14)11-10)4-8(7)12-13/h2-5H,1H3,(H,11,14). The van der Waals surface area contributed by atoms with Crippen molar-refractivity contribution in [3.05, 3.63) is 30.0 Å². The lowest BCUT2D eigenvalue weighted by atomic mass is 10.1. The molecule has 14 heavy (non-hydrogen) atoms. The van der Waals surface area contributed by atoms with Gasteiger partial charge in [-0.3, -0.25) is 13.0 Å². The fourth-order valence-corrected chi connectivity index (χ4v) is 1.65. The number of carbonyl (C=O) groups excluding carboxylic acids is 1. The van der Waals surface area contributed by atoms with Gasteiger partial charge in [-0.15, -0.1) is 0 Å². The minimum atomic E-state index is -0.0989. The Bertz CT molecular complexity index is 492. The Morgan fingerprint density at radius 3 is 3.07 bits per heavy atom. The molecule has 4 nitrogen and oxygen atoms in total. The Labute approximate surface area is 94.8 Å². The summed E-state index contributed by atoms with van der Waals surface area (Å²) in [7, 11) is 1.86. The second kappa shape index (κ2) is 3.56. The lowest BCUT2D eigenvalue weighted by molar-refractivity contribution is 0.0990. The van der Waals surface area contributed by atoms with E-state index in [2.05, 4.69) is 8.63 Å². The van der Waals surface area contributed by atoms with Gasteiger partial charge in [0, 0.05) is 24.2 Å². The van der Waals surface area contributed by atoms with Crippen LogP contribution in [0.5, 0.6) is 0 Å². The molecule has 0 radical (unpaired) electrons. The van der Waals surface area contributed by atoms with E-state index in [1.807, 2.05) is 42.2 Å². The first-order valence-electron chi connectivity index (χ1n) is 4.05. The lowest BCUT2D eigenvalue weighted by Crippen LogP contribution is -2.11. The zero-order valence-electron chi connectivity index (χ0n) is 7.49. The van der Waals surface area contributed by atoms with Gasteiger partial charge in [0.25, 0.3) is 5.91 Å². The van der Waals surface area contributed by atoms with Gasteiger partial charge < -0.3 is 0 Å². The van der Waals surface area contributed by atoms with Crippen LogP contribution in [0.2, 0.25) is 0 Å². The Morgan fingerprint density at radius 1 is 1.57 bits per heavy atom. The van der Waals surface area contributed by atoms with E-state index in [1.54, 1.807) is 16.8 Å². The molecule has 1 aromatic carbocycles. The van der Waals surface area contributed by atoms with Crippen molar-refractivity contribution in [1.29, 1.82) is 0 Å². The number of aryl methyl sites for hydroxylation is 1. The summed E-state index contributed by atoms with van der Waals surface area (Å²) in [5.41, 5.74) is 1.47. The van der Waals surface area contributed by atoms with Crippen molar-refractivity contribution in [2.75, 3.05) is 0 Å². The summed E-state index contributed by atoms with van der Waals surface area (Å²) in [6.07, 6.45) is 1.92. The van der Waals surface area contributed by atoms with Gasteiger partial charge >= 0.3 is 0 Å². The average molecular weight is 301 g/mol. The van der Waals surface area contributed by atoms with Crippen LogP contribution < -0.4 is 3.53 Å². The number of fused-ring (bicyclic) bond motifs is 1. The quantitative estimate of drug-likeness (QED) is 0.643. The summed E-state index contributed by atoms with van der Waals surface area (Å²) in [5.74, 6) is -0.0989. The number of hydrogen-bond acceptors (Lipinski definition) is 2. The van der Waals surface area contributed by atoms with Crippen LogP contribution in [0.1, 0.15) is 10.4 Å². The van der Waals surface area contributed by atoms with Crippen LogP contribution in [-0.2, 0) is 7.05 Å². The van der Waals surface area contributed by atoms with Crippen molar-refractivity contribution >= 4 is 39.7 Å². The number of rotatable bonds is 1. The predicted molar refractivity (Wildman–Crippen MR) is 62.2 cm³/mol. The maximum atomic E-state index is 11.3. The average Bonchev–Trinajstić information content (AvgIpc) is 2.55. The zero-order valence-corrected chi connectivity index (χ0v) is 9.65. The van der Waals surface area contributed by atoms with Crippen molar-refractivity contribution in [2.24, 2.45) is 7.05 Å². The van der Waals surface area contributed by atoms with E-state index in [9.17, 15) is 4.79 Å². The molecular formula is C9H8IN3O.